The van der Waals surface area contributed by atoms with E-state index in [1.807, 2.05) is 0 Å². The molecule has 1 aliphatic carbocycles. The van der Waals surface area contributed by atoms with Crippen LogP contribution in [0.4, 0.5) is 4.79 Å². The molecular weight excluding hydrogens is 228 g/mol. The normalized spacial score (nSPS) is 29.0. The van der Waals surface area contributed by atoms with Crippen molar-refractivity contribution < 1.29 is 9.53 Å². The summed E-state index contributed by atoms with van der Waals surface area (Å²) in [4.78, 5) is 13.8. The van der Waals surface area contributed by atoms with Crippen LogP contribution in [0.25, 0.3) is 0 Å². The van der Waals surface area contributed by atoms with Gasteiger partial charge in [-0.1, -0.05) is 19.8 Å². The van der Waals surface area contributed by atoms with E-state index < -0.39 is 0 Å². The summed E-state index contributed by atoms with van der Waals surface area (Å²) in [7, 11) is 1.43. The van der Waals surface area contributed by atoms with Crippen molar-refractivity contribution in [3.63, 3.8) is 0 Å². The standard InChI is InChI=1S/C14H26N2O2/c1-3-6-16-9-12(7-11-4-5-11)8-13(10-16)15-14(17)18-2/h11-13H,3-10H2,1-2H3,(H,15,17). The second-order valence-electron chi connectivity index (χ2n) is 5.87. The van der Waals surface area contributed by atoms with Crippen LogP contribution in [0, 0.1) is 11.8 Å². The Bertz CT molecular complexity index is 279. The molecule has 2 rings (SSSR count). The SMILES string of the molecule is CCCN1CC(CC2CC2)CC(NC(=O)OC)C1. The van der Waals surface area contributed by atoms with Crippen LogP contribution in [0.15, 0.2) is 0 Å². The number of hydrogen-bond acceptors (Lipinski definition) is 3. The predicted octanol–water partition coefficient (Wildman–Crippen LogP) is 2.24. The zero-order valence-electron chi connectivity index (χ0n) is 11.7. The number of hydrogen-bond donors (Lipinski definition) is 1. The van der Waals surface area contributed by atoms with E-state index in [1.54, 1.807) is 0 Å². The van der Waals surface area contributed by atoms with Crippen molar-refractivity contribution in [1.29, 1.82) is 0 Å². The first kappa shape index (κ1) is 13.7. The summed E-state index contributed by atoms with van der Waals surface area (Å²) in [5, 5.41) is 2.98. The molecule has 0 spiro atoms. The molecule has 2 aliphatic rings. The van der Waals surface area contributed by atoms with Gasteiger partial charge in [-0.3, -0.25) is 0 Å². The molecule has 0 aromatic rings. The van der Waals surface area contributed by atoms with Gasteiger partial charge in [0.15, 0.2) is 0 Å². The third-order valence-electron chi connectivity index (χ3n) is 4.02. The first-order valence-electron chi connectivity index (χ1n) is 7.28. The quantitative estimate of drug-likeness (QED) is 0.818. The Kier molecular flexibility index (Phi) is 4.87. The number of carbonyl (C=O) groups is 1. The summed E-state index contributed by atoms with van der Waals surface area (Å²) >= 11 is 0. The molecule has 1 amide bonds. The first-order valence-corrected chi connectivity index (χ1v) is 7.28. The van der Waals surface area contributed by atoms with E-state index in [0.717, 1.165) is 31.3 Å². The number of amides is 1. The molecule has 18 heavy (non-hydrogen) atoms. The summed E-state index contributed by atoms with van der Waals surface area (Å²) in [6.45, 7) is 5.54. The smallest absolute Gasteiger partial charge is 0.407 e. The molecule has 104 valence electrons. The first-order chi connectivity index (χ1) is 8.71. The van der Waals surface area contributed by atoms with Crippen molar-refractivity contribution in [2.24, 2.45) is 11.8 Å². The van der Waals surface area contributed by atoms with Crippen molar-refractivity contribution in [3.05, 3.63) is 0 Å². The van der Waals surface area contributed by atoms with Crippen molar-refractivity contribution in [1.82, 2.24) is 10.2 Å². The zero-order chi connectivity index (χ0) is 13.0. The van der Waals surface area contributed by atoms with E-state index in [1.165, 1.54) is 39.3 Å². The molecule has 2 atom stereocenters. The molecule has 4 heteroatoms. The fourth-order valence-electron chi connectivity index (χ4n) is 3.13. The van der Waals surface area contributed by atoms with Gasteiger partial charge in [0, 0.05) is 19.1 Å². The summed E-state index contributed by atoms with van der Waals surface area (Å²) < 4.78 is 4.71. The highest BCUT2D eigenvalue weighted by molar-refractivity contribution is 5.67. The topological polar surface area (TPSA) is 41.6 Å². The van der Waals surface area contributed by atoms with Crippen LogP contribution >= 0.6 is 0 Å². The fraction of sp³-hybridized carbons (Fsp3) is 0.929. The second-order valence-corrected chi connectivity index (χ2v) is 5.87. The average molecular weight is 254 g/mol. The molecule has 0 aromatic heterocycles. The second kappa shape index (κ2) is 6.41. The van der Waals surface area contributed by atoms with E-state index in [0.29, 0.717) is 0 Å². The van der Waals surface area contributed by atoms with Crippen LogP contribution < -0.4 is 5.32 Å². The van der Waals surface area contributed by atoms with Gasteiger partial charge in [-0.2, -0.15) is 0 Å². The molecule has 1 aliphatic heterocycles. The molecule has 1 saturated heterocycles. The Balaban J connectivity index is 1.85. The number of piperidine rings is 1. The van der Waals surface area contributed by atoms with E-state index in [9.17, 15) is 4.79 Å². The van der Waals surface area contributed by atoms with Crippen molar-refractivity contribution >= 4 is 6.09 Å². The van der Waals surface area contributed by atoms with Gasteiger partial charge in [0.1, 0.15) is 0 Å². The minimum absolute atomic E-state index is 0.265. The Labute approximate surface area is 110 Å². The molecule has 4 nitrogen and oxygen atoms in total. The highest BCUT2D eigenvalue weighted by Gasteiger charge is 2.32. The van der Waals surface area contributed by atoms with Crippen LogP contribution in [0.5, 0.6) is 0 Å². The van der Waals surface area contributed by atoms with Crippen LogP contribution in [-0.4, -0.2) is 43.8 Å². The Morgan fingerprint density at radius 3 is 2.72 bits per heavy atom. The Hall–Kier alpha value is -0.770. The van der Waals surface area contributed by atoms with Crippen LogP contribution in [0.1, 0.15) is 39.0 Å². The van der Waals surface area contributed by atoms with Crippen LogP contribution in [-0.2, 0) is 4.74 Å². The van der Waals surface area contributed by atoms with Gasteiger partial charge < -0.3 is 15.0 Å². The van der Waals surface area contributed by atoms with Gasteiger partial charge in [-0.25, -0.2) is 4.79 Å². The van der Waals surface area contributed by atoms with Crippen LogP contribution in [0.2, 0.25) is 0 Å². The lowest BCUT2D eigenvalue weighted by atomic mass is 9.89. The maximum Gasteiger partial charge on any atom is 0.407 e. The maximum atomic E-state index is 11.3. The minimum Gasteiger partial charge on any atom is -0.453 e. The van der Waals surface area contributed by atoms with Gasteiger partial charge in [-0.05, 0) is 37.6 Å². The number of ether oxygens (including phenoxy) is 1. The largest absolute Gasteiger partial charge is 0.453 e. The molecule has 1 saturated carbocycles. The zero-order valence-corrected chi connectivity index (χ0v) is 11.7. The number of alkyl carbamates (subject to hydrolysis) is 1. The molecule has 1 N–H and O–H groups in total. The summed E-state index contributed by atoms with van der Waals surface area (Å²) in [6, 6.07) is 0.265. The lowest BCUT2D eigenvalue weighted by molar-refractivity contribution is 0.119. The molecule has 2 fully saturated rings. The van der Waals surface area contributed by atoms with Gasteiger partial charge in [0.25, 0.3) is 0 Å². The fourth-order valence-corrected chi connectivity index (χ4v) is 3.13. The van der Waals surface area contributed by atoms with Gasteiger partial charge >= 0.3 is 6.09 Å². The highest BCUT2D eigenvalue weighted by Crippen LogP contribution is 2.37. The van der Waals surface area contributed by atoms with Gasteiger partial charge in [-0.15, -0.1) is 0 Å². The van der Waals surface area contributed by atoms with E-state index in [2.05, 4.69) is 17.1 Å². The van der Waals surface area contributed by atoms with Crippen LogP contribution in [0.3, 0.4) is 0 Å². The molecule has 0 aromatic carbocycles. The summed E-state index contributed by atoms with van der Waals surface area (Å²) in [6.07, 6.45) is 6.19. The number of nitrogens with one attached hydrogen (secondary N) is 1. The maximum absolute atomic E-state index is 11.3. The van der Waals surface area contributed by atoms with E-state index >= 15 is 0 Å². The molecule has 0 bridgehead atoms. The number of rotatable bonds is 5. The predicted molar refractivity (Wildman–Crippen MR) is 71.5 cm³/mol. The molecule has 1 heterocycles. The monoisotopic (exact) mass is 254 g/mol. The van der Waals surface area contributed by atoms with Crippen molar-refractivity contribution in [2.45, 2.75) is 45.1 Å². The lowest BCUT2D eigenvalue weighted by Gasteiger charge is -2.38. The number of nitrogens with zero attached hydrogens (tertiary/aromatic N) is 1. The van der Waals surface area contributed by atoms with Gasteiger partial charge in [0.2, 0.25) is 0 Å². The van der Waals surface area contributed by atoms with Crippen molar-refractivity contribution in [3.8, 4) is 0 Å². The third kappa shape index (κ3) is 4.16. The lowest BCUT2D eigenvalue weighted by Crippen LogP contribution is -2.51. The van der Waals surface area contributed by atoms with E-state index in [-0.39, 0.29) is 12.1 Å². The average Bonchev–Trinajstić information content (AvgIpc) is 3.13. The number of likely N-dealkylation sites (tertiary alicyclic amines) is 1. The third-order valence-corrected chi connectivity index (χ3v) is 4.02. The summed E-state index contributed by atoms with van der Waals surface area (Å²) in [5.41, 5.74) is 0. The molecule has 2 unspecified atom stereocenters. The van der Waals surface area contributed by atoms with E-state index in [4.69, 9.17) is 4.74 Å². The number of methoxy groups -OCH3 is 1. The Morgan fingerprint density at radius 2 is 2.11 bits per heavy atom. The number of carbonyl (C=O) groups excluding carboxylic acids is 1. The highest BCUT2D eigenvalue weighted by atomic mass is 16.5. The molecular formula is C14H26N2O2. The minimum atomic E-state index is -0.288. The molecule has 0 radical (unpaired) electrons. The summed E-state index contributed by atoms with van der Waals surface area (Å²) in [5.74, 6) is 1.72. The van der Waals surface area contributed by atoms with Crippen molar-refractivity contribution in [2.75, 3.05) is 26.7 Å². The van der Waals surface area contributed by atoms with Gasteiger partial charge in [0.05, 0.1) is 7.11 Å². The Morgan fingerprint density at radius 1 is 1.33 bits per heavy atom.